The molecule has 0 unspecified atom stereocenters. The fourth-order valence-electron chi connectivity index (χ4n) is 13.6. The standard InChI is InChI=1S/C35H41N3O5S.C34H39N3O5S.C25H29N3O3S/c1-35(2,3)27-11-7-25(8-12-27)19-38(20-26-10-14-30-32(18-26)43-23-42-30)21-33-36-28(22-44-33)34(39)37(4)16-15-24-9-13-29(40-5)31(17-24)41-6;1-34(2,3)26-10-6-24(7-11-26)18-37(19-25-9-13-29-31(17-25)42-22-41-29)20-32-36-27(21-43-32)33(38)35-15-14-23-8-12-28(39-4)30(16-23)40-5;1-17(2)11-26-25(29)21-15-32-24(27-21)14-28(12-19-6-4-18(3)5-7-19)13-20-8-9-22-23(10-20)31-16-30-22/h7-14,17-18,22H,15-16,19-21,23H2,1-6H3;6-13,16-17,21H,14-15,18-20,22H2,1-5H3,(H,35,38);4-10,15,17H,11-14,16H2,1-3H3,(H,26,29). The highest BCUT2D eigenvalue weighted by Crippen LogP contribution is 2.38. The molecule has 22 nitrogen and oxygen atoms in total. The van der Waals surface area contributed by atoms with Crippen molar-refractivity contribution in [2.24, 2.45) is 5.92 Å². The molecule has 0 fully saturated rings. The average Bonchev–Trinajstić information content (AvgIpc) is 1.80. The van der Waals surface area contributed by atoms with Crippen molar-refractivity contribution < 1.29 is 61.8 Å². The largest absolute Gasteiger partial charge is 0.493 e. The number of amides is 3. The number of hydrogen-bond donors (Lipinski definition) is 2. The van der Waals surface area contributed by atoms with Crippen LogP contribution in [0.15, 0.2) is 180 Å². The fraction of sp³-hybridized carbons (Fsp3) is 0.362. The van der Waals surface area contributed by atoms with Crippen LogP contribution in [-0.2, 0) is 82.6 Å². The molecule has 3 aromatic heterocycles. The summed E-state index contributed by atoms with van der Waals surface area (Å²) in [6.45, 7) is 28.3. The fourth-order valence-corrected chi connectivity index (χ4v) is 16.0. The van der Waals surface area contributed by atoms with E-state index in [1.807, 2.05) is 96.0 Å². The zero-order valence-electron chi connectivity index (χ0n) is 70.6. The second kappa shape index (κ2) is 41.1. The molecule has 8 aromatic carbocycles. The summed E-state index contributed by atoms with van der Waals surface area (Å²) in [5.74, 6) is 7.41. The number of fused-ring (bicyclic) bond motifs is 3. The van der Waals surface area contributed by atoms with E-state index < -0.39 is 0 Å². The summed E-state index contributed by atoms with van der Waals surface area (Å²) in [5.41, 5.74) is 14.6. The third kappa shape index (κ3) is 25.0. The summed E-state index contributed by atoms with van der Waals surface area (Å²) in [5, 5.41) is 14.2. The van der Waals surface area contributed by atoms with Gasteiger partial charge in [0.05, 0.1) is 48.1 Å². The van der Waals surface area contributed by atoms with E-state index in [1.165, 1.54) is 67.4 Å². The maximum atomic E-state index is 13.3. The second-order valence-corrected chi connectivity index (χ2v) is 35.1. The monoisotopic (exact) mass is 1670 g/mol. The predicted molar refractivity (Wildman–Crippen MR) is 467 cm³/mol. The summed E-state index contributed by atoms with van der Waals surface area (Å²) < 4.78 is 54.6. The van der Waals surface area contributed by atoms with E-state index in [4.69, 9.17) is 57.3 Å². The number of nitrogens with zero attached hydrogens (tertiary/aromatic N) is 7. The van der Waals surface area contributed by atoms with Crippen LogP contribution in [0.25, 0.3) is 0 Å². The Morgan fingerprint density at radius 3 is 1.13 bits per heavy atom. The Labute approximate surface area is 711 Å². The number of aryl methyl sites for hydroxylation is 1. The molecular formula is C94H109N9O13S3. The van der Waals surface area contributed by atoms with Crippen LogP contribution in [0.1, 0.15) is 163 Å². The smallest absolute Gasteiger partial charge is 0.273 e. The highest BCUT2D eigenvalue weighted by molar-refractivity contribution is 7.10. The third-order valence-corrected chi connectivity index (χ3v) is 22.8. The van der Waals surface area contributed by atoms with Crippen LogP contribution in [0.4, 0.5) is 0 Å². The lowest BCUT2D eigenvalue weighted by molar-refractivity contribution is 0.0790. The molecule has 0 atom stereocenters. The number of methoxy groups -OCH3 is 4. The van der Waals surface area contributed by atoms with Crippen molar-refractivity contribution >= 4 is 51.7 Å². The number of aromatic nitrogens is 3. The Morgan fingerprint density at radius 2 is 0.739 bits per heavy atom. The summed E-state index contributed by atoms with van der Waals surface area (Å²) in [4.78, 5) is 61.3. The van der Waals surface area contributed by atoms with Crippen molar-refractivity contribution in [2.75, 3.05) is 75.5 Å². The van der Waals surface area contributed by atoms with E-state index in [0.29, 0.717) is 111 Å². The molecule has 626 valence electrons. The van der Waals surface area contributed by atoms with Crippen LogP contribution in [0.3, 0.4) is 0 Å². The number of carbonyl (C=O) groups is 3. The Kier molecular flexibility index (Phi) is 30.1. The van der Waals surface area contributed by atoms with Gasteiger partial charge in [-0.3, -0.25) is 29.1 Å². The van der Waals surface area contributed by atoms with Gasteiger partial charge in [0.1, 0.15) is 32.1 Å². The van der Waals surface area contributed by atoms with Gasteiger partial charge >= 0.3 is 0 Å². The first-order valence-electron chi connectivity index (χ1n) is 39.9. The molecule has 0 saturated carbocycles. The van der Waals surface area contributed by atoms with Crippen LogP contribution in [-0.4, -0.2) is 128 Å². The highest BCUT2D eigenvalue weighted by atomic mass is 32.1. The number of carbonyl (C=O) groups excluding carboxylic acids is 3. The number of thiazole rings is 3. The van der Waals surface area contributed by atoms with E-state index >= 15 is 0 Å². The molecule has 0 radical (unpaired) electrons. The minimum Gasteiger partial charge on any atom is -0.493 e. The molecule has 11 aromatic rings. The lowest BCUT2D eigenvalue weighted by Crippen LogP contribution is -2.29. The molecule has 25 heteroatoms. The van der Waals surface area contributed by atoms with Crippen LogP contribution in [0.2, 0.25) is 0 Å². The maximum absolute atomic E-state index is 13.3. The van der Waals surface area contributed by atoms with Gasteiger partial charge in [0, 0.05) is 82.1 Å². The van der Waals surface area contributed by atoms with Gasteiger partial charge in [0.25, 0.3) is 17.7 Å². The first kappa shape index (κ1) is 87.3. The summed E-state index contributed by atoms with van der Waals surface area (Å²) in [6.07, 6.45) is 1.36. The van der Waals surface area contributed by atoms with Crippen LogP contribution in [0, 0.1) is 12.8 Å². The van der Waals surface area contributed by atoms with Gasteiger partial charge in [-0.05, 0) is 153 Å². The number of ether oxygens (including phenoxy) is 10. The number of likely N-dealkylation sites (N-methyl/N-ethyl adjacent to an activating group) is 1. The minimum absolute atomic E-state index is 0.0898. The van der Waals surface area contributed by atoms with E-state index in [0.717, 1.165) is 104 Å². The summed E-state index contributed by atoms with van der Waals surface area (Å²) >= 11 is 4.55. The number of nitrogens with one attached hydrogen (secondary N) is 2. The third-order valence-electron chi connectivity index (χ3n) is 20.3. The molecule has 0 saturated heterocycles. The van der Waals surface area contributed by atoms with Crippen molar-refractivity contribution in [2.45, 2.75) is 145 Å². The Morgan fingerprint density at radius 1 is 0.403 bits per heavy atom. The van der Waals surface area contributed by atoms with Crippen molar-refractivity contribution in [1.29, 1.82) is 0 Å². The van der Waals surface area contributed by atoms with Gasteiger partial charge in [-0.15, -0.1) is 34.0 Å². The van der Waals surface area contributed by atoms with Gasteiger partial charge in [0.2, 0.25) is 20.4 Å². The van der Waals surface area contributed by atoms with Crippen molar-refractivity contribution in [3.05, 3.63) is 273 Å². The van der Waals surface area contributed by atoms with Crippen LogP contribution < -0.4 is 58.0 Å². The summed E-state index contributed by atoms with van der Waals surface area (Å²) in [6, 6.07) is 56.1. The normalized spacial score (nSPS) is 12.5. The molecule has 3 amide bonds. The number of rotatable bonds is 33. The van der Waals surface area contributed by atoms with E-state index in [9.17, 15) is 14.4 Å². The zero-order valence-corrected chi connectivity index (χ0v) is 73.0. The second-order valence-electron chi connectivity index (χ2n) is 32.2. The molecule has 14 rings (SSSR count). The average molecular weight is 1670 g/mol. The summed E-state index contributed by atoms with van der Waals surface area (Å²) in [7, 11) is 8.28. The predicted octanol–water partition coefficient (Wildman–Crippen LogP) is 17.8. The molecule has 119 heavy (non-hydrogen) atoms. The van der Waals surface area contributed by atoms with E-state index in [-0.39, 0.29) is 48.9 Å². The SMILES string of the molecule is COc1ccc(CCN(C)C(=O)c2csc(CN(Cc3ccc(C(C)(C)C)cc3)Cc3ccc4c(c3)OCO4)n2)cc1OC.COc1ccc(CCNC(=O)c2csc(CN(Cc3ccc(C(C)(C)C)cc3)Cc3ccc4c(c3)OCO4)n2)cc1OC.Cc1ccc(CN(Cc2ccc3c(c2)OCO3)Cc2nc(C(=O)NCC(C)C)cs2)cc1. The molecule has 0 aliphatic carbocycles. The molecule has 3 aliphatic rings. The molecule has 3 aliphatic heterocycles. The lowest BCUT2D eigenvalue weighted by atomic mass is 9.87. The highest BCUT2D eigenvalue weighted by Gasteiger charge is 2.25. The molecular weight excluding hydrogens is 1560 g/mol. The first-order chi connectivity index (χ1) is 57.3. The van der Waals surface area contributed by atoms with Gasteiger partial charge in [-0.25, -0.2) is 15.0 Å². The van der Waals surface area contributed by atoms with E-state index in [1.54, 1.807) is 33.3 Å². The molecule has 2 N–H and O–H groups in total. The molecule has 6 heterocycles. The van der Waals surface area contributed by atoms with Gasteiger partial charge in [0.15, 0.2) is 57.5 Å². The maximum Gasteiger partial charge on any atom is 0.273 e. The topological polar surface area (TPSA) is 219 Å². The first-order valence-corrected chi connectivity index (χ1v) is 42.6. The van der Waals surface area contributed by atoms with Gasteiger partial charge in [-0.2, -0.15) is 0 Å². The minimum atomic E-state index is -0.178. The Bertz CT molecular complexity index is 5190. The van der Waals surface area contributed by atoms with Crippen molar-refractivity contribution in [3.8, 4) is 57.5 Å². The lowest BCUT2D eigenvalue weighted by Gasteiger charge is -2.23. The van der Waals surface area contributed by atoms with E-state index in [2.05, 4.69) is 184 Å². The Hall–Kier alpha value is -11.1. The number of hydrogen-bond acceptors (Lipinski definition) is 22. The van der Waals surface area contributed by atoms with Crippen molar-refractivity contribution in [3.63, 3.8) is 0 Å². The van der Waals surface area contributed by atoms with Crippen molar-refractivity contribution in [1.82, 2.24) is 45.2 Å². The Balaban J connectivity index is 0.000000166. The van der Waals surface area contributed by atoms with Crippen LogP contribution >= 0.6 is 34.0 Å². The van der Waals surface area contributed by atoms with Gasteiger partial charge < -0.3 is 62.9 Å². The molecule has 0 bridgehead atoms. The zero-order chi connectivity index (χ0) is 84.2. The number of benzene rings is 8. The van der Waals surface area contributed by atoms with Gasteiger partial charge in [-0.1, -0.05) is 164 Å². The quantitative estimate of drug-likeness (QED) is 0.0390. The van der Waals surface area contributed by atoms with Crippen LogP contribution in [0.5, 0.6) is 57.5 Å². The molecule has 0 spiro atoms.